The van der Waals surface area contributed by atoms with E-state index >= 15 is 0 Å². The number of hydrogen-bond donors (Lipinski definition) is 4. The van der Waals surface area contributed by atoms with Crippen LogP contribution < -0.4 is 31.1 Å². The third-order valence-corrected chi connectivity index (χ3v) is 12.8. The third kappa shape index (κ3) is 7.16. The second-order valence-corrected chi connectivity index (χ2v) is 16.6. The largest absolute Gasteiger partial charge is 0.451 e. The molecule has 0 fully saturated rings. The molecule has 4 N–H and O–H groups in total. The lowest BCUT2D eigenvalue weighted by molar-refractivity contribution is 0.0957. The summed E-state index contributed by atoms with van der Waals surface area (Å²) in [5, 5.41) is 18.1. The fourth-order valence-electron chi connectivity index (χ4n) is 9.20. The van der Waals surface area contributed by atoms with E-state index in [4.69, 9.17) is 32.0 Å². The maximum Gasteiger partial charge on any atom is 0.323 e. The van der Waals surface area contributed by atoms with Crippen molar-refractivity contribution in [1.82, 2.24) is 0 Å². The van der Waals surface area contributed by atoms with E-state index in [2.05, 4.69) is 58.7 Å². The zero-order valence-electron chi connectivity index (χ0n) is 34.6. The highest BCUT2D eigenvalue weighted by Crippen LogP contribution is 2.47. The minimum atomic E-state index is -0.485. The molecule has 2 atom stereocenters. The fourth-order valence-corrected chi connectivity index (χ4v) is 9.70. The summed E-state index contributed by atoms with van der Waals surface area (Å²) in [6, 6.07) is 33.5. The van der Waals surface area contributed by atoms with Crippen molar-refractivity contribution in [3.8, 4) is 0 Å². The van der Waals surface area contributed by atoms with E-state index in [1.165, 1.54) is 0 Å². The smallest absolute Gasteiger partial charge is 0.323 e. The minimum absolute atomic E-state index is 0.0606. The highest BCUT2D eigenvalue weighted by molar-refractivity contribution is 6.20. The molecule has 10 rings (SSSR count). The van der Waals surface area contributed by atoms with Crippen LogP contribution in [0.3, 0.4) is 0 Å². The molecule has 11 nitrogen and oxygen atoms in total. The van der Waals surface area contributed by atoms with Crippen molar-refractivity contribution in [3.05, 3.63) is 157 Å². The zero-order valence-corrected chi connectivity index (χ0v) is 36.1. The molecule has 6 aromatic carbocycles. The van der Waals surface area contributed by atoms with Gasteiger partial charge in [-0.05, 0) is 82.6 Å². The van der Waals surface area contributed by atoms with Crippen molar-refractivity contribution < 1.29 is 23.2 Å². The second kappa shape index (κ2) is 16.8. The Kier molecular flexibility index (Phi) is 10.7. The first kappa shape index (κ1) is 40.8. The highest BCUT2D eigenvalue weighted by atomic mass is 35.5. The number of furan rings is 2. The highest BCUT2D eigenvalue weighted by Gasteiger charge is 2.37. The second-order valence-electron chi connectivity index (χ2n) is 16.0. The normalized spacial score (nSPS) is 15.4. The molecule has 0 saturated heterocycles. The molecule has 4 amide bonds. The number of urea groups is 1. The number of carbonyl (C=O) groups is 3. The predicted molar refractivity (Wildman–Crippen MR) is 261 cm³/mol. The molecule has 8 aromatic rings. The molecule has 2 unspecified atom stereocenters. The summed E-state index contributed by atoms with van der Waals surface area (Å²) >= 11 is 13.0. The van der Waals surface area contributed by atoms with Crippen LogP contribution in [0.4, 0.5) is 38.9 Å². The number of amides is 4. The van der Waals surface area contributed by atoms with Crippen molar-refractivity contribution in [3.63, 3.8) is 0 Å². The number of rotatable bonds is 12. The number of nitrogens with zero attached hydrogens (tertiary/aromatic N) is 2. The van der Waals surface area contributed by atoms with Gasteiger partial charge in [-0.1, -0.05) is 60.7 Å². The standard InChI is InChI=1S/C51H42Cl2N6O5/c1-3-17-54-39-23-41-47(37-11-7-5-9-35(37)39)31(25-52)27-58(41)49(60)45-21-29-19-33(13-15-43(29)63-45)56-51(62)57-34-14-16-44-30(20-34)22-46(64-44)50(61)59-28-32(26-53)48-38-12-8-6-10-36(38)40(24-42(48)59)55-18-4-2/h3-16,19-24,31-32,54-55H,1-2,17-18,25-28H2,(H2,56,57,62). The number of benzene rings is 6. The van der Waals surface area contributed by atoms with E-state index in [0.29, 0.717) is 71.3 Å². The molecule has 0 radical (unpaired) electrons. The van der Waals surface area contributed by atoms with E-state index in [1.54, 1.807) is 70.5 Å². The Morgan fingerprint density at radius 2 is 1.02 bits per heavy atom. The van der Waals surface area contributed by atoms with Gasteiger partial charge in [0.15, 0.2) is 11.5 Å². The molecule has 0 spiro atoms. The van der Waals surface area contributed by atoms with Gasteiger partial charge in [0.05, 0.1) is 11.4 Å². The molecule has 64 heavy (non-hydrogen) atoms. The van der Waals surface area contributed by atoms with Crippen LogP contribution in [0.2, 0.25) is 0 Å². The molecular weight excluding hydrogens is 848 g/mol. The zero-order chi connectivity index (χ0) is 44.1. The number of alkyl halides is 2. The van der Waals surface area contributed by atoms with Crippen LogP contribution in [0.1, 0.15) is 44.1 Å². The summed E-state index contributed by atoms with van der Waals surface area (Å²) < 4.78 is 12.2. The maximum atomic E-state index is 14.2. The average molecular weight is 890 g/mol. The summed E-state index contributed by atoms with van der Waals surface area (Å²) in [4.78, 5) is 45.1. The molecule has 320 valence electrons. The summed E-state index contributed by atoms with van der Waals surface area (Å²) in [5.41, 5.74) is 7.43. The van der Waals surface area contributed by atoms with Crippen molar-refractivity contribution in [2.45, 2.75) is 11.8 Å². The molecule has 2 aliphatic heterocycles. The topological polar surface area (TPSA) is 132 Å². The van der Waals surface area contributed by atoms with Gasteiger partial charge in [-0.25, -0.2) is 4.79 Å². The van der Waals surface area contributed by atoms with Gasteiger partial charge in [0.25, 0.3) is 11.8 Å². The van der Waals surface area contributed by atoms with E-state index in [-0.39, 0.29) is 35.2 Å². The van der Waals surface area contributed by atoms with Crippen LogP contribution in [-0.2, 0) is 0 Å². The Morgan fingerprint density at radius 1 is 0.594 bits per heavy atom. The number of fused-ring (bicyclic) bond motifs is 8. The summed E-state index contributed by atoms with van der Waals surface area (Å²) in [6.45, 7) is 9.64. The quantitative estimate of drug-likeness (QED) is 0.0709. The van der Waals surface area contributed by atoms with Gasteiger partial charge in [0.2, 0.25) is 0 Å². The van der Waals surface area contributed by atoms with Gasteiger partial charge in [0.1, 0.15) is 11.2 Å². The number of nitrogens with one attached hydrogen (secondary N) is 4. The molecular formula is C51H42Cl2N6O5. The molecule has 0 bridgehead atoms. The van der Waals surface area contributed by atoms with Crippen LogP contribution in [0.25, 0.3) is 43.5 Å². The summed E-state index contributed by atoms with van der Waals surface area (Å²) in [7, 11) is 0. The Hall–Kier alpha value is -7.21. The van der Waals surface area contributed by atoms with E-state index < -0.39 is 6.03 Å². The van der Waals surface area contributed by atoms with Crippen molar-refractivity contribution >= 4 is 119 Å². The Morgan fingerprint density at radius 3 is 1.42 bits per heavy atom. The van der Waals surface area contributed by atoms with Gasteiger partial charge in [-0.3, -0.25) is 9.59 Å². The molecule has 2 aliphatic rings. The number of carbonyl (C=O) groups excluding carboxylic acids is 3. The molecule has 13 heteroatoms. The van der Waals surface area contributed by atoms with E-state index in [0.717, 1.165) is 55.4 Å². The Balaban J connectivity index is 0.850. The molecule has 2 aromatic heterocycles. The minimum Gasteiger partial charge on any atom is -0.451 e. The third-order valence-electron chi connectivity index (χ3n) is 12.0. The molecule has 0 saturated carbocycles. The van der Waals surface area contributed by atoms with Crippen LogP contribution in [-0.4, -0.2) is 55.8 Å². The van der Waals surface area contributed by atoms with Gasteiger partial charge in [0, 0.05) is 94.1 Å². The molecule has 0 aliphatic carbocycles. The first-order valence-corrected chi connectivity index (χ1v) is 22.0. The van der Waals surface area contributed by atoms with Gasteiger partial charge < -0.3 is 39.9 Å². The monoisotopic (exact) mass is 888 g/mol. The van der Waals surface area contributed by atoms with E-state index in [9.17, 15) is 14.4 Å². The lowest BCUT2D eigenvalue weighted by Crippen LogP contribution is -2.29. The van der Waals surface area contributed by atoms with E-state index in [1.807, 2.05) is 36.4 Å². The van der Waals surface area contributed by atoms with Crippen LogP contribution in [0.5, 0.6) is 0 Å². The lowest BCUT2D eigenvalue weighted by atomic mass is 9.95. The maximum absolute atomic E-state index is 14.2. The lowest BCUT2D eigenvalue weighted by Gasteiger charge is -2.18. The van der Waals surface area contributed by atoms with Crippen LogP contribution in [0, 0.1) is 0 Å². The van der Waals surface area contributed by atoms with Crippen LogP contribution in [0.15, 0.2) is 143 Å². The first-order valence-electron chi connectivity index (χ1n) is 21.0. The Labute approximate surface area is 378 Å². The number of halogens is 2. The number of hydrogen-bond acceptors (Lipinski definition) is 7. The van der Waals surface area contributed by atoms with Gasteiger partial charge in [-0.2, -0.15) is 0 Å². The SMILES string of the molecule is C=CCNc1cc2c(c3ccccc13)C(CCl)CN2C(=O)c1cc2cc(NC(=O)Nc3ccc4oc(C(=O)N5CC(CCl)c6c5cc(NCC=C)c5ccccc65)cc4c3)ccc2o1. The van der Waals surface area contributed by atoms with Crippen molar-refractivity contribution in [1.29, 1.82) is 0 Å². The fraction of sp³-hybridized carbons (Fsp3) is 0.157. The summed E-state index contributed by atoms with van der Waals surface area (Å²) in [5.74, 6) is 0.354. The first-order chi connectivity index (χ1) is 31.3. The van der Waals surface area contributed by atoms with Gasteiger partial charge in [-0.15, -0.1) is 36.4 Å². The van der Waals surface area contributed by atoms with Crippen molar-refractivity contribution in [2.75, 3.05) is 69.0 Å². The number of anilines is 6. The van der Waals surface area contributed by atoms with Crippen molar-refractivity contribution in [2.24, 2.45) is 0 Å². The average Bonchev–Trinajstić information content (AvgIpc) is 4.12. The molecule has 4 heterocycles. The predicted octanol–water partition coefficient (Wildman–Crippen LogP) is 12.3. The van der Waals surface area contributed by atoms with Crippen LogP contribution >= 0.6 is 23.2 Å². The Bertz CT molecular complexity index is 3000. The van der Waals surface area contributed by atoms with Gasteiger partial charge >= 0.3 is 6.03 Å². The summed E-state index contributed by atoms with van der Waals surface area (Å²) in [6.07, 6.45) is 3.58.